The van der Waals surface area contributed by atoms with E-state index in [1.807, 2.05) is 0 Å². The van der Waals surface area contributed by atoms with Gasteiger partial charge in [0.25, 0.3) is 0 Å². The maximum absolute atomic E-state index is 12.3. The Morgan fingerprint density at radius 3 is 2.58 bits per heavy atom. The molecule has 3 aromatic rings. The van der Waals surface area contributed by atoms with Crippen LogP contribution in [0.5, 0.6) is 5.75 Å². The van der Waals surface area contributed by atoms with E-state index < -0.39 is 17.7 Å². The average Bonchev–Trinajstić information content (AvgIpc) is 2.62. The van der Waals surface area contributed by atoms with Gasteiger partial charge in [-0.1, -0.05) is 23.7 Å². The first-order valence-corrected chi connectivity index (χ1v) is 8.53. The van der Waals surface area contributed by atoms with E-state index in [0.717, 1.165) is 10.9 Å². The Bertz CT molecular complexity index is 991. The van der Waals surface area contributed by atoms with Gasteiger partial charge in [0.2, 0.25) is 0 Å². The summed E-state index contributed by atoms with van der Waals surface area (Å²) in [6.45, 7) is 3.61. The van der Waals surface area contributed by atoms with Crippen LogP contribution in [0.2, 0.25) is 5.02 Å². The lowest BCUT2D eigenvalue weighted by Crippen LogP contribution is -2.26. The van der Waals surface area contributed by atoms with Crippen molar-refractivity contribution >= 4 is 28.5 Å². The van der Waals surface area contributed by atoms with Gasteiger partial charge in [-0.25, -0.2) is 9.59 Å². The highest BCUT2D eigenvalue weighted by atomic mass is 35.5. The van der Waals surface area contributed by atoms with E-state index in [9.17, 15) is 9.59 Å². The molecule has 1 aromatic heterocycles. The van der Waals surface area contributed by atoms with Gasteiger partial charge >= 0.3 is 11.6 Å². The monoisotopic (exact) mass is 372 g/mol. The summed E-state index contributed by atoms with van der Waals surface area (Å²) in [4.78, 5) is 24.0. The first-order valence-electron chi connectivity index (χ1n) is 8.15. The number of hydrogen-bond donors (Lipinski definition) is 0. The second-order valence-corrected chi connectivity index (χ2v) is 6.10. The van der Waals surface area contributed by atoms with Gasteiger partial charge in [0.1, 0.15) is 11.3 Å². The fourth-order valence-electron chi connectivity index (χ4n) is 2.51. The van der Waals surface area contributed by atoms with Crippen LogP contribution in [0.15, 0.2) is 57.7 Å². The molecule has 26 heavy (non-hydrogen) atoms. The highest BCUT2D eigenvalue weighted by Gasteiger charge is 2.16. The van der Waals surface area contributed by atoms with Gasteiger partial charge in [-0.15, -0.1) is 0 Å². The van der Waals surface area contributed by atoms with Crippen LogP contribution in [0, 0.1) is 0 Å². The van der Waals surface area contributed by atoms with Gasteiger partial charge in [-0.3, -0.25) is 0 Å². The van der Waals surface area contributed by atoms with Crippen molar-refractivity contribution in [3.8, 4) is 16.9 Å². The van der Waals surface area contributed by atoms with Gasteiger partial charge in [-0.05, 0) is 49.7 Å². The van der Waals surface area contributed by atoms with Crippen molar-refractivity contribution in [2.24, 2.45) is 0 Å². The molecule has 0 aliphatic heterocycles. The molecule has 0 spiro atoms. The van der Waals surface area contributed by atoms with Crippen molar-refractivity contribution in [1.29, 1.82) is 0 Å². The van der Waals surface area contributed by atoms with Gasteiger partial charge in [0.15, 0.2) is 6.10 Å². The van der Waals surface area contributed by atoms with Crippen molar-refractivity contribution in [2.75, 3.05) is 6.61 Å². The Labute approximate surface area is 155 Å². The molecule has 0 fully saturated rings. The zero-order valence-electron chi connectivity index (χ0n) is 14.3. The quantitative estimate of drug-likeness (QED) is 0.489. The molecule has 0 bridgehead atoms. The van der Waals surface area contributed by atoms with E-state index >= 15 is 0 Å². The second-order valence-electron chi connectivity index (χ2n) is 5.67. The van der Waals surface area contributed by atoms with Crippen molar-refractivity contribution < 1.29 is 18.7 Å². The fourth-order valence-corrected chi connectivity index (χ4v) is 2.63. The number of carbonyl (C=O) groups is 1. The third-order valence-corrected chi connectivity index (χ3v) is 4.05. The van der Waals surface area contributed by atoms with Crippen molar-refractivity contribution in [3.63, 3.8) is 0 Å². The molecule has 5 nitrogen and oxygen atoms in total. The van der Waals surface area contributed by atoms with E-state index in [2.05, 4.69) is 0 Å². The first-order chi connectivity index (χ1) is 12.5. The van der Waals surface area contributed by atoms with Crippen LogP contribution < -0.4 is 10.4 Å². The summed E-state index contributed by atoms with van der Waals surface area (Å²) >= 11 is 5.89. The average molecular weight is 373 g/mol. The molecule has 2 aromatic carbocycles. The predicted octanol–water partition coefficient (Wildman–Crippen LogP) is 4.44. The topological polar surface area (TPSA) is 65.7 Å². The summed E-state index contributed by atoms with van der Waals surface area (Å²) in [7, 11) is 0. The Morgan fingerprint density at radius 2 is 1.88 bits per heavy atom. The van der Waals surface area contributed by atoms with Gasteiger partial charge in [-0.2, -0.15) is 0 Å². The minimum absolute atomic E-state index is 0.284. The van der Waals surface area contributed by atoms with Crippen molar-refractivity contribution in [2.45, 2.75) is 20.0 Å². The molecule has 134 valence electrons. The smallest absolute Gasteiger partial charge is 0.347 e. The lowest BCUT2D eigenvalue weighted by Gasteiger charge is -2.13. The molecule has 0 amide bonds. The van der Waals surface area contributed by atoms with Crippen molar-refractivity contribution in [1.82, 2.24) is 0 Å². The standard InChI is InChI=1S/C20H17ClO5/c1-3-24-19(22)12(2)25-16-9-6-14-10-17(20(23)26-18(14)11-16)13-4-7-15(21)8-5-13/h4-12H,3H2,1-2H3/t12-/m1/s1. The molecular weight excluding hydrogens is 356 g/mol. The molecule has 0 radical (unpaired) electrons. The molecule has 0 saturated heterocycles. The van der Waals surface area contributed by atoms with Crippen LogP contribution in [0.25, 0.3) is 22.1 Å². The predicted molar refractivity (Wildman–Crippen MR) is 99.7 cm³/mol. The van der Waals surface area contributed by atoms with E-state index in [1.165, 1.54) is 0 Å². The van der Waals surface area contributed by atoms with Crippen LogP contribution in [0.4, 0.5) is 0 Å². The molecule has 0 aliphatic rings. The number of fused-ring (bicyclic) bond motifs is 1. The summed E-state index contributed by atoms with van der Waals surface area (Å²) in [5.74, 6) is -0.0346. The van der Waals surface area contributed by atoms with Gasteiger partial charge in [0, 0.05) is 16.5 Å². The van der Waals surface area contributed by atoms with Gasteiger partial charge in [0.05, 0.1) is 12.2 Å². The lowest BCUT2D eigenvalue weighted by molar-refractivity contribution is -0.150. The van der Waals surface area contributed by atoms with E-state index in [1.54, 1.807) is 62.4 Å². The summed E-state index contributed by atoms with van der Waals surface area (Å²) < 4.78 is 15.9. The van der Waals surface area contributed by atoms with Crippen LogP contribution in [0.3, 0.4) is 0 Å². The third kappa shape index (κ3) is 3.89. The number of halogens is 1. The highest BCUT2D eigenvalue weighted by molar-refractivity contribution is 6.30. The van der Waals surface area contributed by atoms with Gasteiger partial charge < -0.3 is 13.9 Å². The first kappa shape index (κ1) is 18.0. The molecular formula is C20H17ClO5. The number of benzene rings is 2. The highest BCUT2D eigenvalue weighted by Crippen LogP contribution is 2.25. The third-order valence-electron chi connectivity index (χ3n) is 3.79. The number of hydrogen-bond acceptors (Lipinski definition) is 5. The molecule has 0 unspecified atom stereocenters. The lowest BCUT2D eigenvalue weighted by atomic mass is 10.1. The number of ether oxygens (including phenoxy) is 2. The number of esters is 1. The molecule has 1 heterocycles. The van der Waals surface area contributed by atoms with Crippen LogP contribution in [-0.2, 0) is 9.53 Å². The Kier molecular flexibility index (Phi) is 5.28. The molecule has 0 aliphatic carbocycles. The second kappa shape index (κ2) is 7.62. The minimum atomic E-state index is -0.757. The summed E-state index contributed by atoms with van der Waals surface area (Å²) in [6.07, 6.45) is -0.757. The number of rotatable bonds is 5. The molecule has 6 heteroatoms. The molecule has 0 saturated carbocycles. The van der Waals surface area contributed by atoms with E-state index in [0.29, 0.717) is 21.9 Å². The van der Waals surface area contributed by atoms with Crippen LogP contribution in [0.1, 0.15) is 13.8 Å². The van der Waals surface area contributed by atoms with Crippen LogP contribution >= 0.6 is 11.6 Å². The van der Waals surface area contributed by atoms with Crippen molar-refractivity contribution in [3.05, 3.63) is 64.0 Å². The van der Waals surface area contributed by atoms with E-state index in [-0.39, 0.29) is 6.61 Å². The fraction of sp³-hybridized carbons (Fsp3) is 0.200. The van der Waals surface area contributed by atoms with Crippen LogP contribution in [-0.4, -0.2) is 18.7 Å². The Balaban J connectivity index is 1.92. The van der Waals surface area contributed by atoms with E-state index in [4.69, 9.17) is 25.5 Å². The maximum Gasteiger partial charge on any atom is 0.347 e. The largest absolute Gasteiger partial charge is 0.479 e. The molecule has 0 N–H and O–H groups in total. The zero-order valence-corrected chi connectivity index (χ0v) is 15.1. The summed E-state index contributed by atoms with van der Waals surface area (Å²) in [5, 5.41) is 1.34. The molecule has 1 atom stereocenters. The Hall–Kier alpha value is -2.79. The normalized spacial score (nSPS) is 12.0. The Morgan fingerprint density at radius 1 is 1.15 bits per heavy atom. The molecule has 3 rings (SSSR count). The maximum atomic E-state index is 12.3. The number of carbonyl (C=O) groups excluding carboxylic acids is 1. The summed E-state index contributed by atoms with van der Waals surface area (Å²) in [5.41, 5.74) is 1.08. The minimum Gasteiger partial charge on any atom is -0.479 e. The zero-order chi connectivity index (χ0) is 18.7. The summed E-state index contributed by atoms with van der Waals surface area (Å²) in [6, 6.07) is 13.8. The SMILES string of the molecule is CCOC(=O)[C@@H](C)Oc1ccc2cc(-c3ccc(Cl)cc3)c(=O)oc2c1.